The Bertz CT molecular complexity index is 603. The van der Waals surface area contributed by atoms with E-state index in [1.165, 1.54) is 0 Å². The van der Waals surface area contributed by atoms with Crippen LogP contribution in [0.25, 0.3) is 11.1 Å². The number of carboxylic acid groups (broad SMARTS) is 1. The number of nitrogens with zero attached hydrogens (tertiary/aromatic N) is 1. The molecule has 1 heterocycles. The summed E-state index contributed by atoms with van der Waals surface area (Å²) in [6, 6.07) is 9.68. The summed E-state index contributed by atoms with van der Waals surface area (Å²) in [5.74, 6) is -1.28. The minimum absolute atomic E-state index is 0.477. The van der Waals surface area contributed by atoms with Gasteiger partial charge < -0.3 is 5.11 Å². The highest BCUT2D eigenvalue weighted by atomic mass is 16.4. The largest absolute Gasteiger partial charge is 0.481 e. The smallest absolute Gasteiger partial charge is 0.310 e. The van der Waals surface area contributed by atoms with Crippen LogP contribution in [0.1, 0.15) is 29.7 Å². The quantitative estimate of drug-likeness (QED) is 0.912. The Hall–Kier alpha value is -2.16. The maximum absolute atomic E-state index is 10.9. The zero-order valence-electron chi connectivity index (χ0n) is 11.3. The Labute approximate surface area is 112 Å². The molecule has 0 amide bonds. The number of benzene rings is 1. The summed E-state index contributed by atoms with van der Waals surface area (Å²) >= 11 is 0. The Balaban J connectivity index is 2.38. The van der Waals surface area contributed by atoms with Gasteiger partial charge >= 0.3 is 5.97 Å². The van der Waals surface area contributed by atoms with E-state index in [0.29, 0.717) is 0 Å². The van der Waals surface area contributed by atoms with Crippen LogP contribution in [0.5, 0.6) is 0 Å². The van der Waals surface area contributed by atoms with E-state index in [2.05, 4.69) is 4.98 Å². The topological polar surface area (TPSA) is 50.2 Å². The molecule has 0 aliphatic rings. The molecule has 0 aliphatic heterocycles. The monoisotopic (exact) mass is 255 g/mol. The summed E-state index contributed by atoms with van der Waals surface area (Å²) in [5, 5.41) is 8.99. The molecular weight excluding hydrogens is 238 g/mol. The highest BCUT2D eigenvalue weighted by Gasteiger charge is 2.13. The number of carbonyl (C=O) groups is 1. The van der Waals surface area contributed by atoms with E-state index in [1.807, 2.05) is 44.2 Å². The van der Waals surface area contributed by atoms with Gasteiger partial charge in [0.2, 0.25) is 0 Å². The Morgan fingerprint density at radius 1 is 1.16 bits per heavy atom. The molecule has 3 nitrogen and oxygen atoms in total. The highest BCUT2D eigenvalue weighted by molar-refractivity contribution is 5.76. The van der Waals surface area contributed by atoms with Crippen molar-refractivity contribution in [2.75, 3.05) is 0 Å². The van der Waals surface area contributed by atoms with Crippen LogP contribution in [0.3, 0.4) is 0 Å². The zero-order chi connectivity index (χ0) is 14.0. The first-order valence-electron chi connectivity index (χ1n) is 6.26. The maximum atomic E-state index is 10.9. The van der Waals surface area contributed by atoms with Gasteiger partial charge in [0.15, 0.2) is 0 Å². The summed E-state index contributed by atoms with van der Waals surface area (Å²) in [7, 11) is 0. The first-order valence-corrected chi connectivity index (χ1v) is 6.26. The van der Waals surface area contributed by atoms with Crippen molar-refractivity contribution in [1.82, 2.24) is 4.98 Å². The van der Waals surface area contributed by atoms with Crippen LogP contribution < -0.4 is 0 Å². The predicted octanol–water partition coefficient (Wildman–Crippen LogP) is 3.55. The van der Waals surface area contributed by atoms with Gasteiger partial charge in [0.25, 0.3) is 0 Å². The summed E-state index contributed by atoms with van der Waals surface area (Å²) in [6.45, 7) is 5.73. The lowest BCUT2D eigenvalue weighted by Gasteiger charge is -2.10. The normalized spacial score (nSPS) is 12.2. The zero-order valence-corrected chi connectivity index (χ0v) is 11.3. The average Bonchev–Trinajstić information content (AvgIpc) is 2.41. The molecule has 0 saturated heterocycles. The lowest BCUT2D eigenvalue weighted by atomic mass is 9.96. The number of rotatable bonds is 3. The van der Waals surface area contributed by atoms with E-state index in [-0.39, 0.29) is 0 Å². The Morgan fingerprint density at radius 3 is 2.37 bits per heavy atom. The lowest BCUT2D eigenvalue weighted by Crippen LogP contribution is -2.06. The first kappa shape index (κ1) is 13.3. The Kier molecular flexibility index (Phi) is 3.65. The fourth-order valence-corrected chi connectivity index (χ4v) is 2.05. The number of aliphatic carboxylic acids is 1. The second kappa shape index (κ2) is 5.22. The molecular formula is C16H17NO2. The summed E-state index contributed by atoms with van der Waals surface area (Å²) in [6.07, 6.45) is 1.80. The van der Waals surface area contributed by atoms with Crippen molar-refractivity contribution in [2.45, 2.75) is 26.7 Å². The van der Waals surface area contributed by atoms with Gasteiger partial charge in [-0.15, -0.1) is 0 Å². The third-order valence-electron chi connectivity index (χ3n) is 3.55. The van der Waals surface area contributed by atoms with Crippen LogP contribution in [-0.2, 0) is 4.79 Å². The number of carboxylic acids is 1. The summed E-state index contributed by atoms with van der Waals surface area (Å²) < 4.78 is 0. The number of pyridine rings is 1. The van der Waals surface area contributed by atoms with Gasteiger partial charge in [-0.25, -0.2) is 0 Å². The van der Waals surface area contributed by atoms with Gasteiger partial charge in [-0.05, 0) is 49.1 Å². The molecule has 0 radical (unpaired) electrons. The SMILES string of the molecule is Cc1nccc(-c2ccc(C(C)C(=O)O)cc2)c1C. The standard InChI is InChI=1S/C16H17NO2/c1-10-12(3)17-9-8-15(10)14-6-4-13(5-7-14)11(2)16(18)19/h4-9,11H,1-3H3,(H,18,19). The number of aromatic nitrogens is 1. The molecule has 1 N–H and O–H groups in total. The summed E-state index contributed by atoms with van der Waals surface area (Å²) in [4.78, 5) is 15.2. The molecule has 1 unspecified atom stereocenters. The third kappa shape index (κ3) is 2.65. The molecule has 0 aliphatic carbocycles. The van der Waals surface area contributed by atoms with Crippen molar-refractivity contribution in [3.8, 4) is 11.1 Å². The molecule has 19 heavy (non-hydrogen) atoms. The molecule has 1 aromatic carbocycles. The third-order valence-corrected chi connectivity index (χ3v) is 3.55. The molecule has 0 fully saturated rings. The fourth-order valence-electron chi connectivity index (χ4n) is 2.05. The van der Waals surface area contributed by atoms with Crippen LogP contribution in [-0.4, -0.2) is 16.1 Å². The van der Waals surface area contributed by atoms with Crippen LogP contribution >= 0.6 is 0 Å². The van der Waals surface area contributed by atoms with Crippen molar-refractivity contribution in [1.29, 1.82) is 0 Å². The highest BCUT2D eigenvalue weighted by Crippen LogP contribution is 2.26. The Morgan fingerprint density at radius 2 is 1.79 bits per heavy atom. The second-order valence-electron chi connectivity index (χ2n) is 4.75. The van der Waals surface area contributed by atoms with E-state index in [0.717, 1.165) is 27.9 Å². The lowest BCUT2D eigenvalue weighted by molar-refractivity contribution is -0.138. The molecule has 3 heteroatoms. The number of hydrogen-bond donors (Lipinski definition) is 1. The van der Waals surface area contributed by atoms with Crippen molar-refractivity contribution in [3.05, 3.63) is 53.3 Å². The van der Waals surface area contributed by atoms with Gasteiger partial charge in [-0.1, -0.05) is 24.3 Å². The van der Waals surface area contributed by atoms with E-state index in [9.17, 15) is 4.79 Å². The molecule has 2 aromatic rings. The molecule has 0 saturated carbocycles. The van der Waals surface area contributed by atoms with Gasteiger partial charge in [-0.3, -0.25) is 9.78 Å². The van der Waals surface area contributed by atoms with Gasteiger partial charge in [-0.2, -0.15) is 0 Å². The molecule has 1 atom stereocenters. The van der Waals surface area contributed by atoms with E-state index in [1.54, 1.807) is 13.1 Å². The van der Waals surface area contributed by atoms with Crippen LogP contribution in [0.15, 0.2) is 36.5 Å². The molecule has 98 valence electrons. The first-order chi connectivity index (χ1) is 9.00. The van der Waals surface area contributed by atoms with Gasteiger partial charge in [0.05, 0.1) is 5.92 Å². The predicted molar refractivity (Wildman–Crippen MR) is 75.2 cm³/mol. The fraction of sp³-hybridized carbons (Fsp3) is 0.250. The van der Waals surface area contributed by atoms with Gasteiger partial charge in [0, 0.05) is 11.9 Å². The number of aryl methyl sites for hydroxylation is 1. The van der Waals surface area contributed by atoms with Gasteiger partial charge in [0.1, 0.15) is 0 Å². The van der Waals surface area contributed by atoms with Crippen molar-refractivity contribution < 1.29 is 9.90 Å². The van der Waals surface area contributed by atoms with E-state index in [4.69, 9.17) is 5.11 Å². The second-order valence-corrected chi connectivity index (χ2v) is 4.75. The average molecular weight is 255 g/mol. The van der Waals surface area contributed by atoms with Crippen LogP contribution in [0.2, 0.25) is 0 Å². The van der Waals surface area contributed by atoms with Crippen LogP contribution in [0.4, 0.5) is 0 Å². The van der Waals surface area contributed by atoms with E-state index >= 15 is 0 Å². The molecule has 2 rings (SSSR count). The van der Waals surface area contributed by atoms with Crippen molar-refractivity contribution in [3.63, 3.8) is 0 Å². The van der Waals surface area contributed by atoms with Crippen molar-refractivity contribution in [2.24, 2.45) is 0 Å². The number of hydrogen-bond acceptors (Lipinski definition) is 2. The molecule has 1 aromatic heterocycles. The van der Waals surface area contributed by atoms with Crippen LogP contribution in [0, 0.1) is 13.8 Å². The minimum atomic E-state index is -0.802. The maximum Gasteiger partial charge on any atom is 0.310 e. The minimum Gasteiger partial charge on any atom is -0.481 e. The molecule has 0 spiro atoms. The molecule has 0 bridgehead atoms. The van der Waals surface area contributed by atoms with E-state index < -0.39 is 11.9 Å². The summed E-state index contributed by atoms with van der Waals surface area (Å²) in [5.41, 5.74) is 5.22. The van der Waals surface area contributed by atoms with Crippen molar-refractivity contribution >= 4 is 5.97 Å².